The highest BCUT2D eigenvalue weighted by atomic mass is 16.5. The average molecular weight is 208 g/mol. The number of carbonyl (C=O) groups excluding carboxylic acids is 1. The molecule has 2 rings (SSSR count). The molecule has 0 aliphatic heterocycles. The maximum atomic E-state index is 10.5. The zero-order valence-electron chi connectivity index (χ0n) is 9.66. The Bertz CT molecular complexity index is 284. The predicted molar refractivity (Wildman–Crippen MR) is 59.6 cm³/mol. The van der Waals surface area contributed by atoms with E-state index in [1.165, 1.54) is 18.4 Å². The molecule has 2 aliphatic carbocycles. The fraction of sp³-hybridized carbons (Fsp3) is 0.769. The summed E-state index contributed by atoms with van der Waals surface area (Å²) in [6, 6.07) is 0. The highest BCUT2D eigenvalue weighted by molar-refractivity contribution is 5.49. The van der Waals surface area contributed by atoms with Gasteiger partial charge in [-0.05, 0) is 30.6 Å². The molecule has 0 heterocycles. The van der Waals surface area contributed by atoms with E-state index in [9.17, 15) is 4.79 Å². The minimum atomic E-state index is 0.143. The quantitative estimate of drug-likeness (QED) is 0.524. The molecule has 0 aromatic carbocycles. The molecule has 2 nitrogen and oxygen atoms in total. The lowest BCUT2D eigenvalue weighted by Crippen LogP contribution is -2.28. The number of rotatable bonds is 4. The van der Waals surface area contributed by atoms with Crippen molar-refractivity contribution in [3.63, 3.8) is 0 Å². The Morgan fingerprint density at radius 2 is 2.33 bits per heavy atom. The van der Waals surface area contributed by atoms with E-state index in [1.54, 1.807) is 7.11 Å². The first-order valence-electron chi connectivity index (χ1n) is 5.81. The van der Waals surface area contributed by atoms with Crippen LogP contribution in [0.4, 0.5) is 0 Å². The van der Waals surface area contributed by atoms with Crippen molar-refractivity contribution in [2.45, 2.75) is 38.7 Å². The second kappa shape index (κ2) is 3.75. The van der Waals surface area contributed by atoms with Crippen molar-refractivity contribution < 1.29 is 9.53 Å². The Morgan fingerprint density at radius 3 is 2.87 bits per heavy atom. The second-order valence-corrected chi connectivity index (χ2v) is 5.14. The number of aldehydes is 1. The lowest BCUT2D eigenvalue weighted by atomic mass is 9.69. The van der Waals surface area contributed by atoms with Gasteiger partial charge in [0.15, 0.2) is 0 Å². The van der Waals surface area contributed by atoms with Crippen molar-refractivity contribution >= 4 is 6.29 Å². The van der Waals surface area contributed by atoms with Gasteiger partial charge in [-0.1, -0.05) is 19.1 Å². The molecule has 0 aromatic rings. The fourth-order valence-electron chi connectivity index (χ4n) is 3.72. The summed E-state index contributed by atoms with van der Waals surface area (Å²) in [5, 5.41) is 0. The Hall–Kier alpha value is -0.630. The summed E-state index contributed by atoms with van der Waals surface area (Å²) >= 11 is 0. The fourth-order valence-corrected chi connectivity index (χ4v) is 3.72. The van der Waals surface area contributed by atoms with E-state index in [1.807, 2.05) is 0 Å². The predicted octanol–water partition coefficient (Wildman–Crippen LogP) is 2.58. The Balaban J connectivity index is 2.20. The third kappa shape index (κ3) is 1.38. The average Bonchev–Trinajstić information content (AvgIpc) is 2.74. The van der Waals surface area contributed by atoms with Crippen molar-refractivity contribution in [3.05, 3.63) is 12.2 Å². The van der Waals surface area contributed by atoms with E-state index in [0.717, 1.165) is 12.7 Å². The molecule has 2 aliphatic rings. The monoisotopic (exact) mass is 208 g/mol. The van der Waals surface area contributed by atoms with Crippen LogP contribution in [0.1, 0.15) is 32.6 Å². The van der Waals surface area contributed by atoms with E-state index < -0.39 is 0 Å². The van der Waals surface area contributed by atoms with Crippen LogP contribution < -0.4 is 0 Å². The van der Waals surface area contributed by atoms with Gasteiger partial charge in [-0.2, -0.15) is 0 Å². The summed E-state index contributed by atoms with van der Waals surface area (Å²) in [4.78, 5) is 10.5. The van der Waals surface area contributed by atoms with Gasteiger partial charge in [-0.3, -0.25) is 0 Å². The Kier molecular flexibility index (Phi) is 2.72. The van der Waals surface area contributed by atoms with Crippen LogP contribution in [-0.2, 0) is 9.53 Å². The van der Waals surface area contributed by atoms with Crippen molar-refractivity contribution in [1.29, 1.82) is 0 Å². The highest BCUT2D eigenvalue weighted by Crippen LogP contribution is 2.61. The van der Waals surface area contributed by atoms with E-state index in [-0.39, 0.29) is 5.41 Å². The molecular formula is C13H20O2. The zero-order chi connectivity index (χ0) is 11.1. The number of ether oxygens (including phenoxy) is 1. The van der Waals surface area contributed by atoms with Gasteiger partial charge in [-0.15, -0.1) is 0 Å². The minimum absolute atomic E-state index is 0.143. The van der Waals surface area contributed by atoms with Crippen LogP contribution in [0, 0.1) is 17.3 Å². The van der Waals surface area contributed by atoms with E-state index >= 15 is 0 Å². The molecule has 0 aromatic heterocycles. The third-order valence-electron chi connectivity index (χ3n) is 4.64. The van der Waals surface area contributed by atoms with Crippen molar-refractivity contribution in [1.82, 2.24) is 0 Å². The lowest BCUT2D eigenvalue weighted by Gasteiger charge is -2.35. The summed E-state index contributed by atoms with van der Waals surface area (Å²) in [7, 11) is 1.80. The first-order chi connectivity index (χ1) is 7.15. The third-order valence-corrected chi connectivity index (χ3v) is 4.64. The van der Waals surface area contributed by atoms with Gasteiger partial charge >= 0.3 is 0 Å². The summed E-state index contributed by atoms with van der Waals surface area (Å²) in [6.07, 6.45) is 5.42. The number of fused-ring (bicyclic) bond motifs is 2. The summed E-state index contributed by atoms with van der Waals surface area (Å²) in [5.41, 5.74) is 1.47. The van der Waals surface area contributed by atoms with Crippen LogP contribution in [0.2, 0.25) is 0 Å². The number of hydrogen-bond acceptors (Lipinski definition) is 2. The van der Waals surface area contributed by atoms with Crippen molar-refractivity contribution in [3.8, 4) is 0 Å². The zero-order valence-corrected chi connectivity index (χ0v) is 9.66. The van der Waals surface area contributed by atoms with Gasteiger partial charge in [-0.25, -0.2) is 0 Å². The topological polar surface area (TPSA) is 26.3 Å². The molecule has 0 spiro atoms. The summed E-state index contributed by atoms with van der Waals surface area (Å²) < 4.78 is 5.59. The second-order valence-electron chi connectivity index (χ2n) is 5.14. The normalized spacial score (nSPS) is 43.6. The van der Waals surface area contributed by atoms with E-state index in [0.29, 0.717) is 24.4 Å². The van der Waals surface area contributed by atoms with Crippen LogP contribution in [0.15, 0.2) is 12.2 Å². The van der Waals surface area contributed by atoms with Crippen molar-refractivity contribution in [2.75, 3.05) is 7.11 Å². The minimum Gasteiger partial charge on any atom is -0.381 e. The molecule has 15 heavy (non-hydrogen) atoms. The largest absolute Gasteiger partial charge is 0.381 e. The maximum Gasteiger partial charge on any atom is 0.120 e. The van der Waals surface area contributed by atoms with Crippen molar-refractivity contribution in [2.24, 2.45) is 17.3 Å². The van der Waals surface area contributed by atoms with Crippen LogP contribution in [-0.4, -0.2) is 19.5 Å². The van der Waals surface area contributed by atoms with Gasteiger partial charge in [0.2, 0.25) is 0 Å². The number of carbonyl (C=O) groups is 1. The van der Waals surface area contributed by atoms with Crippen LogP contribution in [0.5, 0.6) is 0 Å². The molecule has 0 amide bonds. The SMILES string of the molecule is C=C1[C@H]2CC[C@H]([C@@H]2OC)[C@]1(C)CCC=O. The molecule has 2 bridgehead atoms. The van der Waals surface area contributed by atoms with Gasteiger partial charge in [0.05, 0.1) is 6.10 Å². The van der Waals surface area contributed by atoms with Gasteiger partial charge in [0.25, 0.3) is 0 Å². The van der Waals surface area contributed by atoms with E-state index in [2.05, 4.69) is 13.5 Å². The first-order valence-corrected chi connectivity index (χ1v) is 5.81. The molecule has 0 radical (unpaired) electrons. The molecule has 4 atom stereocenters. The van der Waals surface area contributed by atoms with Crippen LogP contribution in [0.25, 0.3) is 0 Å². The van der Waals surface area contributed by atoms with E-state index in [4.69, 9.17) is 4.74 Å². The van der Waals surface area contributed by atoms with Gasteiger partial charge < -0.3 is 9.53 Å². The molecule has 0 saturated heterocycles. The molecule has 0 unspecified atom stereocenters. The summed E-state index contributed by atoms with van der Waals surface area (Å²) in [5.74, 6) is 1.12. The Morgan fingerprint density at radius 1 is 1.60 bits per heavy atom. The number of hydrogen-bond donors (Lipinski definition) is 0. The van der Waals surface area contributed by atoms with Crippen LogP contribution in [0.3, 0.4) is 0 Å². The summed E-state index contributed by atoms with van der Waals surface area (Å²) in [6.45, 7) is 6.50. The molecular weight excluding hydrogens is 188 g/mol. The lowest BCUT2D eigenvalue weighted by molar-refractivity contribution is -0.108. The standard InChI is InChI=1S/C13H20O2/c1-9-10-5-6-11(12(10)15-3)13(9,2)7-4-8-14/h8,10-12H,1,4-7H2,2-3H3/t10-,11-,12-,13-/m1/s1. The molecule has 84 valence electrons. The smallest absolute Gasteiger partial charge is 0.120 e. The molecule has 2 saturated carbocycles. The van der Waals surface area contributed by atoms with Gasteiger partial charge in [0.1, 0.15) is 6.29 Å². The molecule has 2 fully saturated rings. The van der Waals surface area contributed by atoms with Gasteiger partial charge in [0, 0.05) is 19.4 Å². The first kappa shape index (κ1) is 10.9. The maximum absolute atomic E-state index is 10.5. The number of methoxy groups -OCH3 is 1. The van der Waals surface area contributed by atoms with Crippen LogP contribution >= 0.6 is 0 Å². The highest BCUT2D eigenvalue weighted by Gasteiger charge is 2.56. The Labute approximate surface area is 91.7 Å². The molecule has 2 heteroatoms. The molecule has 0 N–H and O–H groups in total.